The van der Waals surface area contributed by atoms with Crippen molar-refractivity contribution in [2.45, 2.75) is 25.6 Å². The molecule has 11 heteroatoms. The van der Waals surface area contributed by atoms with Crippen LogP contribution in [0.1, 0.15) is 34.1 Å². The molecule has 5 rings (SSSR count). The van der Waals surface area contributed by atoms with Gasteiger partial charge in [0.2, 0.25) is 5.91 Å². The molecule has 0 saturated carbocycles. The molecule has 2 aliphatic rings. The molecular weight excluding hydrogens is 508 g/mol. The van der Waals surface area contributed by atoms with Gasteiger partial charge >= 0.3 is 0 Å². The third-order valence-corrected chi connectivity index (χ3v) is 7.27. The van der Waals surface area contributed by atoms with Crippen LogP contribution in [0, 0.1) is 5.92 Å². The number of amides is 2. The highest BCUT2D eigenvalue weighted by Crippen LogP contribution is 2.34. The van der Waals surface area contributed by atoms with E-state index in [1.807, 2.05) is 29.1 Å². The van der Waals surface area contributed by atoms with E-state index in [4.69, 9.17) is 21.1 Å². The Morgan fingerprint density at radius 1 is 1.18 bits per heavy atom. The summed E-state index contributed by atoms with van der Waals surface area (Å²) in [6.45, 7) is 3.01. The quantitative estimate of drug-likeness (QED) is 0.547. The largest absolute Gasteiger partial charge is 0.493 e. The minimum Gasteiger partial charge on any atom is -0.493 e. The molecule has 0 aliphatic carbocycles. The van der Waals surface area contributed by atoms with E-state index in [2.05, 4.69) is 26.6 Å². The van der Waals surface area contributed by atoms with E-state index in [-0.39, 0.29) is 30.4 Å². The number of fused-ring (bicyclic) bond motifs is 5. The van der Waals surface area contributed by atoms with Crippen molar-refractivity contribution >= 4 is 23.4 Å². The number of likely N-dealkylation sites (N-methyl/N-ethyl adjacent to an activating group) is 1. The first-order chi connectivity index (χ1) is 18.4. The molecule has 2 bridgehead atoms. The Balaban J connectivity index is 1.41. The number of rotatable bonds is 3. The van der Waals surface area contributed by atoms with Gasteiger partial charge in [-0.3, -0.25) is 14.5 Å². The van der Waals surface area contributed by atoms with Gasteiger partial charge in [0.1, 0.15) is 12.3 Å². The number of carbonyl (C=O) groups excluding carboxylic acids is 2. The molecular formula is C27H31ClN6O4. The lowest BCUT2D eigenvalue weighted by Gasteiger charge is -2.21. The maximum Gasteiger partial charge on any atom is 0.257 e. The number of methoxy groups -OCH3 is 1. The van der Waals surface area contributed by atoms with E-state index in [0.29, 0.717) is 47.3 Å². The molecule has 2 amide bonds. The van der Waals surface area contributed by atoms with E-state index in [1.54, 1.807) is 30.1 Å². The number of nitrogens with zero attached hydrogens (tertiary/aromatic N) is 5. The first kappa shape index (κ1) is 26.0. The minimum absolute atomic E-state index is 0.0276. The van der Waals surface area contributed by atoms with Crippen LogP contribution < -0.4 is 14.8 Å². The number of hydrogen-bond donors (Lipinski definition) is 1. The molecule has 3 aromatic rings. The van der Waals surface area contributed by atoms with Crippen LogP contribution in [0.4, 0.5) is 0 Å². The standard InChI is InChI=1S/C27H31ClN6O4/c1-32-10-9-29-25(35)12-19-14-33(13-18-5-3-6-20(28)11-18)16-23(19)34-15-21(30-31-34)17-38-26-22(27(32)36)7-4-8-24(26)37-2/h3-8,11,15,19,23H,9-10,12-14,16-17H2,1-2H3,(H,29,35)/t19-,23+/m0/s1. The van der Waals surface area contributed by atoms with Crippen molar-refractivity contribution in [2.24, 2.45) is 5.92 Å². The van der Waals surface area contributed by atoms with Crippen LogP contribution in [0.3, 0.4) is 0 Å². The molecule has 0 unspecified atom stereocenters. The number of carbonyl (C=O) groups is 2. The number of halogens is 1. The second-order valence-corrected chi connectivity index (χ2v) is 10.2. The third-order valence-electron chi connectivity index (χ3n) is 7.03. The van der Waals surface area contributed by atoms with Gasteiger partial charge in [0.25, 0.3) is 5.91 Å². The summed E-state index contributed by atoms with van der Waals surface area (Å²) < 4.78 is 13.4. The lowest BCUT2D eigenvalue weighted by atomic mass is 9.99. The Hall–Kier alpha value is -3.63. The smallest absolute Gasteiger partial charge is 0.257 e. The fraction of sp³-hybridized carbons (Fsp3) is 0.407. The number of hydrogen-bond acceptors (Lipinski definition) is 7. The van der Waals surface area contributed by atoms with Crippen LogP contribution in [0.5, 0.6) is 11.5 Å². The summed E-state index contributed by atoms with van der Waals surface area (Å²) in [6.07, 6.45) is 2.20. The van der Waals surface area contributed by atoms with Gasteiger partial charge in [-0.1, -0.05) is 35.0 Å². The van der Waals surface area contributed by atoms with Gasteiger partial charge in [-0.15, -0.1) is 5.10 Å². The molecule has 10 nitrogen and oxygen atoms in total. The lowest BCUT2D eigenvalue weighted by Crippen LogP contribution is -2.37. The van der Waals surface area contributed by atoms with Crippen molar-refractivity contribution in [3.63, 3.8) is 0 Å². The maximum atomic E-state index is 13.2. The summed E-state index contributed by atoms with van der Waals surface area (Å²) in [5, 5.41) is 12.4. The Labute approximate surface area is 226 Å². The summed E-state index contributed by atoms with van der Waals surface area (Å²) in [5.41, 5.74) is 2.11. The maximum absolute atomic E-state index is 13.2. The van der Waals surface area contributed by atoms with E-state index < -0.39 is 0 Å². The molecule has 2 aromatic carbocycles. The first-order valence-corrected chi connectivity index (χ1v) is 13.0. The Morgan fingerprint density at radius 2 is 2.03 bits per heavy atom. The van der Waals surface area contributed by atoms with E-state index >= 15 is 0 Å². The topological polar surface area (TPSA) is 102 Å². The van der Waals surface area contributed by atoms with Crippen molar-refractivity contribution in [2.75, 3.05) is 40.3 Å². The van der Waals surface area contributed by atoms with Gasteiger partial charge in [0.15, 0.2) is 11.5 Å². The van der Waals surface area contributed by atoms with Crippen LogP contribution in [-0.4, -0.2) is 76.9 Å². The van der Waals surface area contributed by atoms with E-state index in [1.165, 1.54) is 7.11 Å². The number of benzene rings is 2. The molecule has 2 atom stereocenters. The van der Waals surface area contributed by atoms with E-state index in [0.717, 1.165) is 25.2 Å². The number of nitrogens with one attached hydrogen (secondary N) is 1. The average molecular weight is 539 g/mol. The fourth-order valence-electron chi connectivity index (χ4n) is 5.13. The Bertz CT molecular complexity index is 1310. The van der Waals surface area contributed by atoms with Gasteiger partial charge in [-0.05, 0) is 29.8 Å². The summed E-state index contributed by atoms with van der Waals surface area (Å²) in [4.78, 5) is 30.0. The molecule has 0 spiro atoms. The number of likely N-dealkylation sites (tertiary alicyclic amines) is 1. The van der Waals surface area contributed by atoms with Crippen molar-refractivity contribution in [3.8, 4) is 11.5 Å². The zero-order valence-electron chi connectivity index (χ0n) is 21.5. The highest BCUT2D eigenvalue weighted by atomic mass is 35.5. The summed E-state index contributed by atoms with van der Waals surface area (Å²) in [7, 11) is 3.24. The second kappa shape index (κ2) is 11.4. The highest BCUT2D eigenvalue weighted by molar-refractivity contribution is 6.30. The molecule has 0 radical (unpaired) electrons. The minimum atomic E-state index is -0.226. The van der Waals surface area contributed by atoms with Gasteiger partial charge < -0.3 is 19.7 Å². The number of aromatic nitrogens is 3. The van der Waals surface area contributed by atoms with Gasteiger partial charge in [0.05, 0.1) is 24.9 Å². The second-order valence-electron chi connectivity index (χ2n) is 9.75. The van der Waals surface area contributed by atoms with Crippen molar-refractivity contribution in [1.29, 1.82) is 0 Å². The summed E-state index contributed by atoms with van der Waals surface area (Å²) in [6, 6.07) is 13.0. The van der Waals surface area contributed by atoms with Crippen LogP contribution in [-0.2, 0) is 17.9 Å². The highest BCUT2D eigenvalue weighted by Gasteiger charge is 2.36. The molecule has 1 aromatic heterocycles. The molecule has 38 heavy (non-hydrogen) atoms. The Morgan fingerprint density at radius 3 is 2.84 bits per heavy atom. The van der Waals surface area contributed by atoms with Crippen LogP contribution in [0.25, 0.3) is 0 Å². The van der Waals surface area contributed by atoms with Crippen molar-refractivity contribution in [1.82, 2.24) is 30.1 Å². The number of para-hydroxylation sites is 1. The molecule has 3 heterocycles. The van der Waals surface area contributed by atoms with Gasteiger partial charge in [-0.25, -0.2) is 4.68 Å². The predicted molar refractivity (Wildman–Crippen MR) is 141 cm³/mol. The molecule has 200 valence electrons. The monoisotopic (exact) mass is 538 g/mol. The average Bonchev–Trinajstić information content (AvgIpc) is 3.53. The predicted octanol–water partition coefficient (Wildman–Crippen LogP) is 2.78. The molecule has 2 aliphatic heterocycles. The Kier molecular flexibility index (Phi) is 7.80. The van der Waals surface area contributed by atoms with Gasteiger partial charge in [0, 0.05) is 57.1 Å². The zero-order chi connectivity index (χ0) is 26.6. The summed E-state index contributed by atoms with van der Waals surface area (Å²) >= 11 is 6.19. The SMILES string of the molecule is COc1cccc2c1OCc1cn(nn1)[C@@H]1CN(Cc3cccc(Cl)c3)C[C@@H]1CC(=O)NCCN(C)C2=O. The zero-order valence-corrected chi connectivity index (χ0v) is 22.2. The van der Waals surface area contributed by atoms with Crippen LogP contribution in [0.2, 0.25) is 5.02 Å². The number of ether oxygens (including phenoxy) is 2. The van der Waals surface area contributed by atoms with Gasteiger partial charge in [-0.2, -0.15) is 0 Å². The molecule has 1 fully saturated rings. The fourth-order valence-corrected chi connectivity index (χ4v) is 5.34. The summed E-state index contributed by atoms with van der Waals surface area (Å²) in [5.74, 6) is 0.569. The van der Waals surface area contributed by atoms with E-state index in [9.17, 15) is 9.59 Å². The lowest BCUT2D eigenvalue weighted by molar-refractivity contribution is -0.122. The molecule has 1 saturated heterocycles. The first-order valence-electron chi connectivity index (χ1n) is 12.6. The van der Waals surface area contributed by atoms with Crippen LogP contribution >= 0.6 is 11.6 Å². The normalized spacial score (nSPS) is 20.9. The van der Waals surface area contributed by atoms with Crippen LogP contribution in [0.15, 0.2) is 48.7 Å². The van der Waals surface area contributed by atoms with Crippen molar-refractivity contribution < 1.29 is 19.1 Å². The third kappa shape index (κ3) is 5.76. The van der Waals surface area contributed by atoms with Crippen molar-refractivity contribution in [3.05, 3.63) is 70.5 Å². The molecule has 1 N–H and O–H groups in total.